The number of alkyl halides is 3. The lowest BCUT2D eigenvalue weighted by Gasteiger charge is -2.31. The number of hydrogen-bond acceptors (Lipinski definition) is 4. The summed E-state index contributed by atoms with van der Waals surface area (Å²) in [5.74, 6) is 1.05. The van der Waals surface area contributed by atoms with Crippen LogP contribution in [0.1, 0.15) is 35.3 Å². The Morgan fingerprint density at radius 1 is 1.41 bits per heavy atom. The van der Waals surface area contributed by atoms with Crippen LogP contribution in [-0.2, 0) is 19.8 Å². The van der Waals surface area contributed by atoms with Gasteiger partial charge in [0.25, 0.3) is 0 Å². The van der Waals surface area contributed by atoms with Gasteiger partial charge in [-0.3, -0.25) is 4.90 Å². The van der Waals surface area contributed by atoms with Gasteiger partial charge in [-0.05, 0) is 19.4 Å². The Bertz CT molecular complexity index is 634. The fraction of sp³-hybridized carbons (Fsp3) is 0.571. The van der Waals surface area contributed by atoms with E-state index in [1.807, 2.05) is 17.8 Å². The molecule has 3 rings (SSSR count). The summed E-state index contributed by atoms with van der Waals surface area (Å²) < 4.78 is 40.0. The first-order valence-electron chi connectivity index (χ1n) is 7.14. The molecule has 0 N–H and O–H groups in total. The van der Waals surface area contributed by atoms with Gasteiger partial charge in [0.2, 0.25) is 0 Å². The molecule has 0 amide bonds. The average Bonchev–Trinajstić information content (AvgIpc) is 3.09. The van der Waals surface area contributed by atoms with E-state index >= 15 is 0 Å². The maximum Gasteiger partial charge on any atom is 0.434 e. The Morgan fingerprint density at radius 3 is 2.86 bits per heavy atom. The van der Waals surface area contributed by atoms with Gasteiger partial charge in [0, 0.05) is 37.3 Å². The molecule has 0 radical (unpaired) electrons. The van der Waals surface area contributed by atoms with Gasteiger partial charge in [-0.25, -0.2) is 9.97 Å². The van der Waals surface area contributed by atoms with Gasteiger partial charge in [0.1, 0.15) is 5.82 Å². The fourth-order valence-electron chi connectivity index (χ4n) is 2.75. The number of imidazole rings is 1. The van der Waals surface area contributed by atoms with Crippen LogP contribution in [0, 0.1) is 0 Å². The molecule has 1 aliphatic rings. The van der Waals surface area contributed by atoms with E-state index < -0.39 is 11.9 Å². The molecular formula is C14H17F3N4S. The minimum absolute atomic E-state index is 0.0788. The fourth-order valence-corrected chi connectivity index (χ4v) is 3.71. The number of likely N-dealkylation sites (tertiary alicyclic amines) is 1. The van der Waals surface area contributed by atoms with Gasteiger partial charge in [-0.15, -0.1) is 11.3 Å². The quantitative estimate of drug-likeness (QED) is 0.866. The van der Waals surface area contributed by atoms with E-state index in [2.05, 4.69) is 14.9 Å². The summed E-state index contributed by atoms with van der Waals surface area (Å²) in [7, 11) is 1.94. The Hall–Kier alpha value is -1.41. The summed E-state index contributed by atoms with van der Waals surface area (Å²) in [5, 5.41) is 1.71. The zero-order valence-electron chi connectivity index (χ0n) is 12.2. The predicted molar refractivity (Wildman–Crippen MR) is 77.6 cm³/mol. The normalized spacial score (nSPS) is 20.5. The van der Waals surface area contributed by atoms with Crippen LogP contribution in [0.4, 0.5) is 13.2 Å². The molecule has 2 aromatic heterocycles. The minimum atomic E-state index is -4.35. The van der Waals surface area contributed by atoms with Crippen molar-refractivity contribution in [2.24, 2.45) is 7.05 Å². The van der Waals surface area contributed by atoms with Gasteiger partial charge >= 0.3 is 6.18 Å². The minimum Gasteiger partial charge on any atom is -0.337 e. The van der Waals surface area contributed by atoms with Gasteiger partial charge in [-0.1, -0.05) is 0 Å². The van der Waals surface area contributed by atoms with Crippen molar-refractivity contribution in [3.8, 4) is 0 Å². The number of aryl methyl sites for hydroxylation is 1. The van der Waals surface area contributed by atoms with E-state index in [1.165, 1.54) is 0 Å². The van der Waals surface area contributed by atoms with Gasteiger partial charge in [-0.2, -0.15) is 13.2 Å². The lowest BCUT2D eigenvalue weighted by atomic mass is 9.99. The SMILES string of the molecule is Cn1ccnc1CN1CCC[C@@H](c2nc(C(F)(F)F)cs2)C1. The summed E-state index contributed by atoms with van der Waals surface area (Å²) in [6, 6.07) is 0. The van der Waals surface area contributed by atoms with Gasteiger partial charge < -0.3 is 4.57 Å². The lowest BCUT2D eigenvalue weighted by Crippen LogP contribution is -2.34. The monoisotopic (exact) mass is 330 g/mol. The van der Waals surface area contributed by atoms with Gasteiger partial charge in [0.15, 0.2) is 5.69 Å². The Balaban J connectivity index is 1.68. The van der Waals surface area contributed by atoms with E-state index in [0.717, 1.165) is 55.0 Å². The number of halogens is 3. The van der Waals surface area contributed by atoms with Crippen molar-refractivity contribution in [1.29, 1.82) is 0 Å². The standard InChI is InChI=1S/C14H17F3N4S/c1-20-6-4-18-12(20)8-21-5-2-3-10(7-21)13-19-11(9-22-13)14(15,16)17/h4,6,9-10H,2-3,5,7-8H2,1H3/t10-/m1/s1. The molecule has 3 heterocycles. The van der Waals surface area contributed by atoms with Crippen LogP contribution in [-0.4, -0.2) is 32.5 Å². The molecule has 1 aliphatic heterocycles. The third kappa shape index (κ3) is 3.33. The van der Waals surface area contributed by atoms with Crippen molar-refractivity contribution in [2.45, 2.75) is 31.5 Å². The molecule has 1 saturated heterocycles. The van der Waals surface area contributed by atoms with Gasteiger partial charge in [0.05, 0.1) is 11.6 Å². The van der Waals surface area contributed by atoms with Crippen molar-refractivity contribution in [1.82, 2.24) is 19.4 Å². The molecule has 120 valence electrons. The van der Waals surface area contributed by atoms with E-state index in [0.29, 0.717) is 5.01 Å². The molecule has 8 heteroatoms. The molecule has 0 aromatic carbocycles. The van der Waals surface area contributed by atoms with Crippen molar-refractivity contribution in [3.63, 3.8) is 0 Å². The molecular weight excluding hydrogens is 313 g/mol. The van der Waals surface area contributed by atoms with Crippen LogP contribution in [0.25, 0.3) is 0 Å². The van der Waals surface area contributed by atoms with Crippen LogP contribution in [0.15, 0.2) is 17.8 Å². The van der Waals surface area contributed by atoms with Crippen molar-refractivity contribution < 1.29 is 13.2 Å². The molecule has 0 spiro atoms. The summed E-state index contributed by atoms with van der Waals surface area (Å²) >= 11 is 1.12. The maximum atomic E-state index is 12.7. The first-order valence-corrected chi connectivity index (χ1v) is 8.02. The zero-order chi connectivity index (χ0) is 15.7. The molecule has 1 fully saturated rings. The first kappa shape index (κ1) is 15.5. The summed E-state index contributed by atoms with van der Waals surface area (Å²) in [6.07, 6.45) is 1.16. The molecule has 0 aliphatic carbocycles. The number of rotatable bonds is 3. The highest BCUT2D eigenvalue weighted by molar-refractivity contribution is 7.09. The Labute approximate surface area is 130 Å². The van der Waals surface area contributed by atoms with Crippen molar-refractivity contribution in [2.75, 3.05) is 13.1 Å². The highest BCUT2D eigenvalue weighted by Gasteiger charge is 2.35. The predicted octanol–water partition coefficient (Wildman–Crippen LogP) is 3.28. The average molecular weight is 330 g/mol. The molecule has 1 atom stereocenters. The summed E-state index contributed by atoms with van der Waals surface area (Å²) in [6.45, 7) is 2.40. The van der Waals surface area contributed by atoms with E-state index in [4.69, 9.17) is 0 Å². The topological polar surface area (TPSA) is 34.0 Å². The highest BCUT2D eigenvalue weighted by Crippen LogP contribution is 2.35. The Kier molecular flexibility index (Phi) is 4.22. The van der Waals surface area contributed by atoms with Crippen LogP contribution in [0.3, 0.4) is 0 Å². The number of nitrogens with zero attached hydrogens (tertiary/aromatic N) is 4. The molecule has 0 bridgehead atoms. The number of hydrogen-bond donors (Lipinski definition) is 0. The second-order valence-corrected chi connectivity index (χ2v) is 6.49. The van der Waals surface area contributed by atoms with E-state index in [9.17, 15) is 13.2 Å². The highest BCUT2D eigenvalue weighted by atomic mass is 32.1. The van der Waals surface area contributed by atoms with Crippen LogP contribution in [0.2, 0.25) is 0 Å². The number of thiazole rings is 1. The van der Waals surface area contributed by atoms with Crippen LogP contribution in [0.5, 0.6) is 0 Å². The summed E-state index contributed by atoms with van der Waals surface area (Å²) in [4.78, 5) is 10.3. The maximum absolute atomic E-state index is 12.7. The van der Waals surface area contributed by atoms with E-state index in [1.54, 1.807) is 6.20 Å². The molecule has 22 heavy (non-hydrogen) atoms. The number of piperidine rings is 1. The zero-order valence-corrected chi connectivity index (χ0v) is 13.0. The molecule has 0 saturated carbocycles. The smallest absolute Gasteiger partial charge is 0.337 e. The number of aromatic nitrogens is 3. The summed E-state index contributed by atoms with van der Waals surface area (Å²) in [5.41, 5.74) is -0.770. The largest absolute Gasteiger partial charge is 0.434 e. The Morgan fingerprint density at radius 2 is 2.23 bits per heavy atom. The second kappa shape index (κ2) is 6.00. The van der Waals surface area contributed by atoms with Crippen molar-refractivity contribution in [3.05, 3.63) is 34.3 Å². The third-order valence-corrected chi connectivity index (χ3v) is 4.96. The second-order valence-electron chi connectivity index (χ2n) is 5.60. The molecule has 0 unspecified atom stereocenters. The van der Waals surface area contributed by atoms with E-state index in [-0.39, 0.29) is 5.92 Å². The van der Waals surface area contributed by atoms with Crippen molar-refractivity contribution >= 4 is 11.3 Å². The third-order valence-electron chi connectivity index (χ3n) is 3.95. The lowest BCUT2D eigenvalue weighted by molar-refractivity contribution is -0.140. The van der Waals surface area contributed by atoms with Crippen LogP contribution < -0.4 is 0 Å². The van der Waals surface area contributed by atoms with Crippen LogP contribution >= 0.6 is 11.3 Å². The first-order chi connectivity index (χ1) is 10.4. The molecule has 4 nitrogen and oxygen atoms in total. The molecule has 2 aromatic rings.